The molecule has 2 aromatic carbocycles. The van der Waals surface area contributed by atoms with Gasteiger partial charge in [0.25, 0.3) is 0 Å². The largest absolute Gasteiger partial charge is 0.508 e. The normalized spacial score (nSPS) is 30.5. The summed E-state index contributed by atoms with van der Waals surface area (Å²) in [6.45, 7) is 2.17. The van der Waals surface area contributed by atoms with Crippen molar-refractivity contribution in [2.45, 2.75) is 57.3 Å². The van der Waals surface area contributed by atoms with Crippen LogP contribution in [0.15, 0.2) is 66.7 Å². The summed E-state index contributed by atoms with van der Waals surface area (Å²) in [5.74, 6) is 2.61. The van der Waals surface area contributed by atoms with Gasteiger partial charge >= 0.3 is 0 Å². The summed E-state index contributed by atoms with van der Waals surface area (Å²) in [5, 5.41) is 10.1. The third-order valence-electron chi connectivity index (χ3n) is 7.29. The maximum Gasteiger partial charge on any atom is 0.115 e. The summed E-state index contributed by atoms with van der Waals surface area (Å²) in [5.41, 5.74) is 3.05. The van der Waals surface area contributed by atoms with E-state index in [0.29, 0.717) is 11.7 Å². The van der Waals surface area contributed by atoms with Crippen molar-refractivity contribution in [3.8, 4) is 5.75 Å². The first-order valence-corrected chi connectivity index (χ1v) is 10.7. The third kappa shape index (κ3) is 3.57. The first-order chi connectivity index (χ1) is 13.2. The van der Waals surface area contributed by atoms with Gasteiger partial charge in [0.2, 0.25) is 0 Å². The molecule has 0 radical (unpaired) electrons. The molecule has 0 saturated heterocycles. The fourth-order valence-corrected chi connectivity index (χ4v) is 6.07. The number of phenolic OH excluding ortho intramolecular Hbond substituents is 1. The molecule has 2 fully saturated rings. The summed E-state index contributed by atoms with van der Waals surface area (Å²) in [4.78, 5) is 0. The molecule has 4 atom stereocenters. The van der Waals surface area contributed by atoms with E-state index in [-0.39, 0.29) is 5.41 Å². The van der Waals surface area contributed by atoms with Gasteiger partial charge in [-0.3, -0.25) is 0 Å². The van der Waals surface area contributed by atoms with Crippen LogP contribution in [0.4, 0.5) is 0 Å². The van der Waals surface area contributed by atoms with Gasteiger partial charge in [0.05, 0.1) is 0 Å². The van der Waals surface area contributed by atoms with E-state index in [1.807, 2.05) is 12.1 Å². The maximum atomic E-state index is 10.1. The van der Waals surface area contributed by atoms with Crippen LogP contribution in [0.25, 0.3) is 0 Å². The Bertz CT molecular complexity index is 778. The Labute approximate surface area is 164 Å². The van der Waals surface area contributed by atoms with Crippen molar-refractivity contribution < 1.29 is 5.11 Å². The van der Waals surface area contributed by atoms with Gasteiger partial charge in [-0.05, 0) is 86.5 Å². The minimum atomic E-state index is 0.220. The Morgan fingerprint density at radius 2 is 1.89 bits per heavy atom. The molecule has 1 heteroatoms. The molecule has 0 amide bonds. The smallest absolute Gasteiger partial charge is 0.115 e. The van der Waals surface area contributed by atoms with Gasteiger partial charge in [0.15, 0.2) is 0 Å². The first-order valence-electron chi connectivity index (χ1n) is 10.7. The van der Waals surface area contributed by atoms with E-state index in [1.54, 1.807) is 6.07 Å². The molecule has 2 aliphatic rings. The Hall–Kier alpha value is -2.02. The molecule has 1 N–H and O–H groups in total. The highest BCUT2D eigenvalue weighted by Gasteiger charge is 2.50. The van der Waals surface area contributed by atoms with Gasteiger partial charge in [-0.1, -0.05) is 61.0 Å². The Balaban J connectivity index is 1.59. The van der Waals surface area contributed by atoms with Crippen LogP contribution < -0.4 is 0 Å². The van der Waals surface area contributed by atoms with Crippen LogP contribution >= 0.6 is 0 Å². The van der Waals surface area contributed by atoms with Crippen molar-refractivity contribution >= 4 is 0 Å². The number of hydrogen-bond donors (Lipinski definition) is 1. The second-order valence-electron chi connectivity index (χ2n) is 8.64. The fourth-order valence-electron chi connectivity index (χ4n) is 6.07. The lowest BCUT2D eigenvalue weighted by Gasteiger charge is -2.55. The van der Waals surface area contributed by atoms with E-state index >= 15 is 0 Å². The molecule has 0 aliphatic heterocycles. The first kappa shape index (κ1) is 18.3. The van der Waals surface area contributed by atoms with Gasteiger partial charge in [0, 0.05) is 5.41 Å². The standard InChI is InChI=1S/C26H32O/c1-2-8-25-24-13-7-17-26(25,22-11-6-12-23(27)19-22)18-16-21(24)15-14-20-9-4-3-5-10-20/h2-6,8-12,19,21,24-25,27H,7,13-18H2,1H3/b8-2-/t21?,24-,25+,26+/m1/s1. The van der Waals surface area contributed by atoms with E-state index in [4.69, 9.17) is 0 Å². The van der Waals surface area contributed by atoms with E-state index in [1.165, 1.54) is 56.1 Å². The molecule has 2 saturated carbocycles. The number of aryl methyl sites for hydroxylation is 1. The lowest BCUT2D eigenvalue weighted by Crippen LogP contribution is -2.48. The highest BCUT2D eigenvalue weighted by Crippen LogP contribution is 2.57. The Morgan fingerprint density at radius 1 is 1.04 bits per heavy atom. The van der Waals surface area contributed by atoms with Crippen LogP contribution in [0.1, 0.15) is 56.6 Å². The van der Waals surface area contributed by atoms with Crippen molar-refractivity contribution in [3.63, 3.8) is 0 Å². The number of benzene rings is 2. The summed E-state index contributed by atoms with van der Waals surface area (Å²) in [6, 6.07) is 19.1. The fraction of sp³-hybridized carbons (Fsp3) is 0.462. The molecule has 1 nitrogen and oxygen atoms in total. The molecular formula is C26H32O. The molecule has 0 aromatic heterocycles. The van der Waals surface area contributed by atoms with Crippen LogP contribution in [0.5, 0.6) is 5.75 Å². The second kappa shape index (κ2) is 7.92. The van der Waals surface area contributed by atoms with E-state index in [2.05, 4.69) is 55.5 Å². The summed E-state index contributed by atoms with van der Waals surface area (Å²) >= 11 is 0. The SMILES string of the molecule is C/C=C\[C@H]1[C@@H]2CCC[C@@]1(c1cccc(O)c1)CCC2CCc1ccccc1. The quantitative estimate of drug-likeness (QED) is 0.591. The zero-order valence-electron chi connectivity index (χ0n) is 16.5. The van der Waals surface area contributed by atoms with Crippen molar-refractivity contribution in [3.05, 3.63) is 77.9 Å². The second-order valence-corrected chi connectivity index (χ2v) is 8.64. The summed E-state index contributed by atoms with van der Waals surface area (Å²) < 4.78 is 0. The Kier molecular flexibility index (Phi) is 5.38. The summed E-state index contributed by atoms with van der Waals surface area (Å²) in [7, 11) is 0. The van der Waals surface area contributed by atoms with Crippen molar-refractivity contribution in [2.75, 3.05) is 0 Å². The number of allylic oxidation sites excluding steroid dienone is 2. The van der Waals surface area contributed by atoms with Crippen LogP contribution in [-0.4, -0.2) is 5.11 Å². The van der Waals surface area contributed by atoms with Crippen molar-refractivity contribution in [2.24, 2.45) is 17.8 Å². The molecule has 1 unspecified atom stereocenters. The van der Waals surface area contributed by atoms with Gasteiger partial charge in [0.1, 0.15) is 5.75 Å². The molecule has 0 heterocycles. The van der Waals surface area contributed by atoms with Gasteiger partial charge in [-0.15, -0.1) is 0 Å². The van der Waals surface area contributed by atoms with Gasteiger partial charge < -0.3 is 5.11 Å². The number of phenols is 1. The lowest BCUT2D eigenvalue weighted by molar-refractivity contribution is 0.0360. The van der Waals surface area contributed by atoms with Gasteiger partial charge in [-0.2, -0.15) is 0 Å². The van der Waals surface area contributed by atoms with Crippen LogP contribution in [0.3, 0.4) is 0 Å². The maximum absolute atomic E-state index is 10.1. The highest BCUT2D eigenvalue weighted by molar-refractivity contribution is 5.36. The van der Waals surface area contributed by atoms with Crippen LogP contribution in [-0.2, 0) is 11.8 Å². The number of aromatic hydroxyl groups is 1. The highest BCUT2D eigenvalue weighted by atomic mass is 16.3. The lowest BCUT2D eigenvalue weighted by atomic mass is 9.49. The molecule has 4 rings (SSSR count). The molecule has 2 bridgehead atoms. The van der Waals surface area contributed by atoms with Crippen molar-refractivity contribution in [1.29, 1.82) is 0 Å². The molecule has 2 aliphatic carbocycles. The molecular weight excluding hydrogens is 328 g/mol. The van der Waals surface area contributed by atoms with Gasteiger partial charge in [-0.25, -0.2) is 0 Å². The predicted octanol–water partition coefficient (Wildman–Crippen LogP) is 6.67. The van der Waals surface area contributed by atoms with Crippen LogP contribution in [0.2, 0.25) is 0 Å². The minimum absolute atomic E-state index is 0.220. The number of hydrogen-bond acceptors (Lipinski definition) is 1. The average molecular weight is 361 g/mol. The van der Waals surface area contributed by atoms with E-state index in [0.717, 1.165) is 11.8 Å². The average Bonchev–Trinajstić information content (AvgIpc) is 2.69. The van der Waals surface area contributed by atoms with E-state index in [9.17, 15) is 5.11 Å². The third-order valence-corrected chi connectivity index (χ3v) is 7.29. The molecule has 27 heavy (non-hydrogen) atoms. The Morgan fingerprint density at radius 3 is 2.67 bits per heavy atom. The monoisotopic (exact) mass is 360 g/mol. The zero-order valence-corrected chi connectivity index (χ0v) is 16.5. The molecule has 0 spiro atoms. The summed E-state index contributed by atoms with van der Waals surface area (Å²) in [6.07, 6.45) is 13.8. The number of rotatable bonds is 5. The van der Waals surface area contributed by atoms with E-state index < -0.39 is 0 Å². The molecule has 142 valence electrons. The van der Waals surface area contributed by atoms with Crippen LogP contribution in [0, 0.1) is 17.8 Å². The van der Waals surface area contributed by atoms with Crippen molar-refractivity contribution in [1.82, 2.24) is 0 Å². The topological polar surface area (TPSA) is 20.2 Å². The zero-order chi connectivity index (χ0) is 18.7. The minimum Gasteiger partial charge on any atom is -0.508 e. The molecule has 2 aromatic rings. The predicted molar refractivity (Wildman–Crippen MR) is 113 cm³/mol. The number of fused-ring (bicyclic) bond motifs is 2.